The number of rotatable bonds is 6. The summed E-state index contributed by atoms with van der Waals surface area (Å²) in [6, 6.07) is 8.15. The van der Waals surface area contributed by atoms with Crippen molar-refractivity contribution in [2.75, 3.05) is 6.61 Å². The third-order valence-electron chi connectivity index (χ3n) is 4.17. The molecular weight excluding hydrogens is 391 g/mol. The molecule has 1 aliphatic heterocycles. The number of benzene rings is 1. The number of cyclic esters (lactones) is 1. The van der Waals surface area contributed by atoms with Crippen molar-refractivity contribution in [3.8, 4) is 0 Å². The van der Waals surface area contributed by atoms with Gasteiger partial charge in [-0.25, -0.2) is 9.69 Å². The first kappa shape index (κ1) is 22.7. The van der Waals surface area contributed by atoms with Gasteiger partial charge in [0.15, 0.2) is 0 Å². The Kier molecular flexibility index (Phi) is 6.92. The van der Waals surface area contributed by atoms with Gasteiger partial charge in [-0.1, -0.05) is 30.3 Å². The normalized spacial score (nSPS) is 18.3. The van der Waals surface area contributed by atoms with Gasteiger partial charge in [-0.3, -0.25) is 9.59 Å². The molecule has 0 unspecified atom stereocenters. The summed E-state index contributed by atoms with van der Waals surface area (Å²) in [5.41, 5.74) is -0.112. The fourth-order valence-corrected chi connectivity index (χ4v) is 3.07. The molecule has 1 aromatic rings. The molecule has 0 aliphatic carbocycles. The molecule has 1 fully saturated rings. The van der Waals surface area contributed by atoms with Gasteiger partial charge >= 0.3 is 18.2 Å². The van der Waals surface area contributed by atoms with E-state index >= 15 is 0 Å². The molecule has 6 nitrogen and oxygen atoms in total. The zero-order chi connectivity index (χ0) is 21.8. The monoisotopic (exact) mass is 415 g/mol. The lowest BCUT2D eigenvalue weighted by Gasteiger charge is -2.26. The molecule has 1 heterocycles. The summed E-state index contributed by atoms with van der Waals surface area (Å²) in [5.74, 6) is -3.79. The molecule has 2 amide bonds. The molecule has 160 valence electrons. The van der Waals surface area contributed by atoms with E-state index < -0.39 is 54.5 Å². The summed E-state index contributed by atoms with van der Waals surface area (Å²) in [6.07, 6.45) is -7.78. The Balaban J connectivity index is 2.20. The van der Waals surface area contributed by atoms with Crippen molar-refractivity contribution in [2.45, 2.75) is 57.9 Å². The Bertz CT molecular complexity index is 743. The number of carbonyl (C=O) groups excluding carboxylic acids is 3. The first-order chi connectivity index (χ1) is 13.4. The first-order valence-corrected chi connectivity index (χ1v) is 9.18. The molecule has 0 spiro atoms. The lowest BCUT2D eigenvalue weighted by molar-refractivity contribution is -0.168. The number of amides is 2. The Morgan fingerprint density at radius 1 is 1.21 bits per heavy atom. The van der Waals surface area contributed by atoms with E-state index in [9.17, 15) is 27.6 Å². The minimum absolute atomic E-state index is 0.120. The maximum atomic E-state index is 13.0. The van der Waals surface area contributed by atoms with Gasteiger partial charge in [-0.15, -0.1) is 0 Å². The number of nitrogens with zero attached hydrogens (tertiary/aromatic N) is 1. The summed E-state index contributed by atoms with van der Waals surface area (Å²) in [7, 11) is 0. The summed E-state index contributed by atoms with van der Waals surface area (Å²) in [5, 5.41) is 0. The Hall–Kier alpha value is -2.58. The van der Waals surface area contributed by atoms with E-state index in [-0.39, 0.29) is 13.0 Å². The number of carbonyl (C=O) groups is 3. The van der Waals surface area contributed by atoms with Gasteiger partial charge in [0.05, 0.1) is 24.8 Å². The van der Waals surface area contributed by atoms with Gasteiger partial charge in [0.25, 0.3) is 0 Å². The largest absolute Gasteiger partial charge is 0.460 e. The Labute approximate surface area is 167 Å². The van der Waals surface area contributed by atoms with Crippen molar-refractivity contribution < 1.29 is 37.0 Å². The number of halogens is 3. The zero-order valence-corrected chi connectivity index (χ0v) is 16.5. The van der Waals surface area contributed by atoms with Crippen LogP contribution in [0.5, 0.6) is 0 Å². The molecule has 1 aromatic carbocycles. The van der Waals surface area contributed by atoms with Crippen LogP contribution in [0.25, 0.3) is 0 Å². The van der Waals surface area contributed by atoms with Crippen LogP contribution < -0.4 is 0 Å². The predicted molar refractivity (Wildman–Crippen MR) is 96.8 cm³/mol. The van der Waals surface area contributed by atoms with E-state index in [1.54, 1.807) is 51.1 Å². The number of imide groups is 1. The smallest absolute Gasteiger partial charge is 0.416 e. The fraction of sp³-hybridized carbons (Fsp3) is 0.550. The minimum atomic E-state index is -4.69. The lowest BCUT2D eigenvalue weighted by Crippen LogP contribution is -2.45. The van der Waals surface area contributed by atoms with Crippen LogP contribution in [0.3, 0.4) is 0 Å². The second-order valence-electron chi connectivity index (χ2n) is 7.94. The van der Waals surface area contributed by atoms with Crippen LogP contribution in [0.2, 0.25) is 0 Å². The van der Waals surface area contributed by atoms with Crippen molar-refractivity contribution in [1.82, 2.24) is 4.90 Å². The molecule has 2 rings (SSSR count). The van der Waals surface area contributed by atoms with Crippen molar-refractivity contribution in [2.24, 2.45) is 5.92 Å². The van der Waals surface area contributed by atoms with E-state index in [2.05, 4.69) is 0 Å². The van der Waals surface area contributed by atoms with Crippen LogP contribution in [-0.4, -0.2) is 47.3 Å². The van der Waals surface area contributed by atoms with Crippen LogP contribution in [0, 0.1) is 5.92 Å². The standard InChI is InChI=1S/C20H24F3NO5/c1-19(2,3)29-16(25)10-14(11-20(21,22)23)17(26)24-15(12-28-18(24)27)9-13-7-5-4-6-8-13/h4-8,14-15H,9-12H2,1-3H3/t14-,15-/m0/s1. The van der Waals surface area contributed by atoms with Crippen molar-refractivity contribution in [1.29, 1.82) is 0 Å². The van der Waals surface area contributed by atoms with Gasteiger partial charge in [-0.2, -0.15) is 13.2 Å². The van der Waals surface area contributed by atoms with Crippen molar-refractivity contribution in [3.63, 3.8) is 0 Å². The maximum absolute atomic E-state index is 13.0. The number of hydrogen-bond donors (Lipinski definition) is 0. The molecule has 9 heteroatoms. The molecule has 0 aromatic heterocycles. The van der Waals surface area contributed by atoms with Crippen LogP contribution in [0.4, 0.5) is 18.0 Å². The fourth-order valence-electron chi connectivity index (χ4n) is 3.07. The van der Waals surface area contributed by atoms with Crippen LogP contribution in [-0.2, 0) is 25.5 Å². The molecule has 0 bridgehead atoms. The SMILES string of the molecule is CC(C)(C)OC(=O)C[C@@H](CC(F)(F)F)C(=O)N1C(=O)OC[C@@H]1Cc1ccccc1. The summed E-state index contributed by atoms with van der Waals surface area (Å²) < 4.78 is 49.1. The molecule has 0 saturated carbocycles. The molecular formula is C20H24F3NO5. The van der Waals surface area contributed by atoms with Gasteiger partial charge in [-0.05, 0) is 32.8 Å². The van der Waals surface area contributed by atoms with E-state index in [1.165, 1.54) is 0 Å². The lowest BCUT2D eigenvalue weighted by atomic mass is 9.97. The van der Waals surface area contributed by atoms with E-state index in [0.29, 0.717) is 4.90 Å². The summed E-state index contributed by atoms with van der Waals surface area (Å²) in [6.45, 7) is 4.59. The predicted octanol–water partition coefficient (Wildman–Crippen LogP) is 3.88. The minimum Gasteiger partial charge on any atom is -0.460 e. The van der Waals surface area contributed by atoms with Gasteiger partial charge in [0.2, 0.25) is 5.91 Å². The third kappa shape index (κ3) is 7.07. The zero-order valence-electron chi connectivity index (χ0n) is 16.5. The van der Waals surface area contributed by atoms with E-state index in [4.69, 9.17) is 9.47 Å². The number of alkyl halides is 3. The molecule has 0 N–H and O–H groups in total. The summed E-state index contributed by atoms with van der Waals surface area (Å²) in [4.78, 5) is 37.7. The molecule has 29 heavy (non-hydrogen) atoms. The number of ether oxygens (including phenoxy) is 2. The highest BCUT2D eigenvalue weighted by atomic mass is 19.4. The van der Waals surface area contributed by atoms with Crippen molar-refractivity contribution >= 4 is 18.0 Å². The van der Waals surface area contributed by atoms with Gasteiger partial charge in [0, 0.05) is 0 Å². The topological polar surface area (TPSA) is 72.9 Å². The van der Waals surface area contributed by atoms with E-state index in [0.717, 1.165) is 5.56 Å². The van der Waals surface area contributed by atoms with Crippen LogP contribution >= 0.6 is 0 Å². The Morgan fingerprint density at radius 2 is 1.83 bits per heavy atom. The van der Waals surface area contributed by atoms with Crippen LogP contribution in [0.15, 0.2) is 30.3 Å². The Morgan fingerprint density at radius 3 is 2.38 bits per heavy atom. The highest BCUT2D eigenvalue weighted by Gasteiger charge is 2.45. The number of hydrogen-bond acceptors (Lipinski definition) is 5. The average molecular weight is 415 g/mol. The van der Waals surface area contributed by atoms with Gasteiger partial charge in [0.1, 0.15) is 12.2 Å². The second-order valence-corrected chi connectivity index (χ2v) is 7.94. The highest BCUT2D eigenvalue weighted by Crippen LogP contribution is 2.31. The average Bonchev–Trinajstić information content (AvgIpc) is 2.92. The van der Waals surface area contributed by atoms with Gasteiger partial charge < -0.3 is 9.47 Å². The summed E-state index contributed by atoms with van der Waals surface area (Å²) >= 11 is 0. The third-order valence-corrected chi connectivity index (χ3v) is 4.17. The maximum Gasteiger partial charge on any atom is 0.416 e. The second kappa shape index (κ2) is 8.84. The van der Waals surface area contributed by atoms with Crippen LogP contribution in [0.1, 0.15) is 39.2 Å². The quantitative estimate of drug-likeness (QED) is 0.660. The molecule has 1 aliphatic rings. The molecule has 0 radical (unpaired) electrons. The first-order valence-electron chi connectivity index (χ1n) is 9.18. The van der Waals surface area contributed by atoms with Crippen molar-refractivity contribution in [3.05, 3.63) is 35.9 Å². The van der Waals surface area contributed by atoms with E-state index in [1.807, 2.05) is 0 Å². The highest BCUT2D eigenvalue weighted by molar-refractivity contribution is 5.96. The number of esters is 1. The molecule has 1 saturated heterocycles. The molecule has 2 atom stereocenters.